The minimum Gasteiger partial charge on any atom is -0.508 e. The van der Waals surface area contributed by atoms with E-state index in [2.05, 4.69) is 50.7 Å². The molecule has 0 spiro atoms. The highest BCUT2D eigenvalue weighted by Gasteiger charge is 2.24. The largest absolute Gasteiger partial charge is 0.508 e. The molecule has 0 radical (unpaired) electrons. The summed E-state index contributed by atoms with van der Waals surface area (Å²) in [5.74, 6) is -0.118. The van der Waals surface area contributed by atoms with Crippen LogP contribution in [0, 0.1) is 5.92 Å². The van der Waals surface area contributed by atoms with Gasteiger partial charge in [0.05, 0.1) is 35.1 Å². The number of aromatic hydroxyl groups is 1. The minimum absolute atomic E-state index is 0.0533. The molecule has 5 rings (SSSR count). The van der Waals surface area contributed by atoms with Gasteiger partial charge in [-0.25, -0.2) is 0 Å². The van der Waals surface area contributed by atoms with E-state index in [1.54, 1.807) is 12.1 Å². The maximum absolute atomic E-state index is 12.6. The van der Waals surface area contributed by atoms with Crippen molar-refractivity contribution < 1.29 is 43.1 Å². The van der Waals surface area contributed by atoms with Gasteiger partial charge in [0, 0.05) is 43.3 Å². The van der Waals surface area contributed by atoms with E-state index in [-0.39, 0.29) is 45.2 Å². The van der Waals surface area contributed by atoms with Gasteiger partial charge in [0.1, 0.15) is 5.75 Å². The Hall–Kier alpha value is -4.04. The van der Waals surface area contributed by atoms with Gasteiger partial charge in [-0.1, -0.05) is 72.4 Å². The van der Waals surface area contributed by atoms with Crippen molar-refractivity contribution in [3.05, 3.63) is 111 Å². The number of aryl methyl sites for hydroxylation is 1. The maximum atomic E-state index is 12.6. The van der Waals surface area contributed by atoms with Gasteiger partial charge in [0.15, 0.2) is 11.5 Å². The van der Waals surface area contributed by atoms with E-state index >= 15 is 0 Å². The van der Waals surface area contributed by atoms with Crippen LogP contribution in [0.1, 0.15) is 84.5 Å². The van der Waals surface area contributed by atoms with Gasteiger partial charge in [-0.05, 0) is 98.9 Å². The van der Waals surface area contributed by atoms with Crippen molar-refractivity contribution in [3.8, 4) is 17.2 Å². The summed E-state index contributed by atoms with van der Waals surface area (Å²) >= 11 is 12.0. The lowest BCUT2D eigenvalue weighted by molar-refractivity contribution is -0.0515. The van der Waals surface area contributed by atoms with Crippen molar-refractivity contribution in [1.29, 1.82) is 0 Å². The third-order valence-corrected chi connectivity index (χ3v) is 9.49. The molecule has 1 unspecified atom stereocenters. The summed E-state index contributed by atoms with van der Waals surface area (Å²) in [6.07, 6.45) is 12.0. The van der Waals surface area contributed by atoms with Gasteiger partial charge in [-0.3, -0.25) is 9.78 Å². The summed E-state index contributed by atoms with van der Waals surface area (Å²) in [4.78, 5) is 16.3. The number of aliphatic hydroxyl groups is 2. The van der Waals surface area contributed by atoms with Crippen LogP contribution in [-0.2, 0) is 17.8 Å². The predicted molar refractivity (Wildman–Crippen MR) is 214 cm³/mol. The third kappa shape index (κ3) is 16.2. The highest BCUT2D eigenvalue weighted by molar-refractivity contribution is 6.39. The number of carbonyl (C=O) groups excluding carboxylic acids is 1. The summed E-state index contributed by atoms with van der Waals surface area (Å²) in [5, 5.41) is 35.2. The van der Waals surface area contributed by atoms with E-state index in [0.29, 0.717) is 30.2 Å². The highest BCUT2D eigenvalue weighted by atomic mass is 35.5. The van der Waals surface area contributed by atoms with Crippen molar-refractivity contribution in [1.82, 2.24) is 10.3 Å². The number of unbranched alkanes of at least 4 members (excludes halogenated alkanes) is 4. The van der Waals surface area contributed by atoms with E-state index in [1.165, 1.54) is 48.6 Å². The number of rotatable bonds is 23. The fourth-order valence-electron chi connectivity index (χ4n) is 5.55. The lowest BCUT2D eigenvalue weighted by Crippen LogP contribution is -2.22. The van der Waals surface area contributed by atoms with Crippen LogP contribution in [0.4, 0.5) is 14.5 Å². The second kappa shape index (κ2) is 24.6. The Labute approximate surface area is 337 Å². The topological polar surface area (TPSA) is 142 Å². The first kappa shape index (κ1) is 44.7. The van der Waals surface area contributed by atoms with Gasteiger partial charge < -0.3 is 40.2 Å². The molecule has 1 aliphatic rings. The fraction of sp³-hybridized carbons (Fsp3) is 0.429. The molecule has 0 saturated heterocycles. The van der Waals surface area contributed by atoms with Crippen molar-refractivity contribution in [2.75, 3.05) is 38.2 Å². The zero-order valence-electron chi connectivity index (χ0n) is 31.3. The summed E-state index contributed by atoms with van der Waals surface area (Å²) in [7, 11) is 0. The number of aliphatic hydroxyl groups excluding tert-OH is 2. The minimum atomic E-state index is -2.99. The molecule has 1 aliphatic carbocycles. The zero-order chi connectivity index (χ0) is 40.1. The van der Waals surface area contributed by atoms with Gasteiger partial charge in [-0.2, -0.15) is 8.78 Å². The first-order chi connectivity index (χ1) is 27.1. The Morgan fingerprint density at radius 1 is 0.893 bits per heavy atom. The van der Waals surface area contributed by atoms with Crippen molar-refractivity contribution in [3.63, 3.8) is 0 Å². The molecule has 5 N–H and O–H groups in total. The molecule has 1 amide bonds. The normalized spacial score (nSPS) is 12.8. The summed E-state index contributed by atoms with van der Waals surface area (Å²) in [6.45, 7) is 0.161. The number of amides is 1. The molecular formula is C42H51Cl2F2N3O7. The number of anilines is 1. The number of aromatic nitrogens is 1. The number of nitrogens with one attached hydrogen (secondary N) is 2. The van der Waals surface area contributed by atoms with E-state index in [1.807, 2.05) is 0 Å². The maximum Gasteiger partial charge on any atom is 0.387 e. The van der Waals surface area contributed by atoms with Gasteiger partial charge in [-0.15, -0.1) is 0 Å². The number of phenols is 1. The van der Waals surface area contributed by atoms with Crippen LogP contribution in [0.5, 0.6) is 17.2 Å². The Kier molecular flexibility index (Phi) is 19.6. The molecule has 10 nitrogen and oxygen atoms in total. The molecule has 3 aromatic carbocycles. The number of benzene rings is 3. The van der Waals surface area contributed by atoms with Crippen LogP contribution in [0.15, 0.2) is 79.1 Å². The molecule has 1 fully saturated rings. The van der Waals surface area contributed by atoms with Crippen LogP contribution < -0.4 is 20.1 Å². The monoisotopic (exact) mass is 817 g/mol. The van der Waals surface area contributed by atoms with Gasteiger partial charge >= 0.3 is 6.61 Å². The van der Waals surface area contributed by atoms with Crippen molar-refractivity contribution in [2.24, 2.45) is 5.92 Å². The van der Waals surface area contributed by atoms with E-state index < -0.39 is 18.6 Å². The van der Waals surface area contributed by atoms with E-state index in [9.17, 15) is 28.9 Å². The lowest BCUT2D eigenvalue weighted by Gasteiger charge is -2.14. The van der Waals surface area contributed by atoms with Crippen LogP contribution in [0.25, 0.3) is 0 Å². The van der Waals surface area contributed by atoms with Crippen LogP contribution in [0.3, 0.4) is 0 Å². The number of alkyl halides is 2. The van der Waals surface area contributed by atoms with E-state index in [0.717, 1.165) is 71.1 Å². The Morgan fingerprint density at radius 2 is 1.61 bits per heavy atom. The number of hydrogen-bond acceptors (Lipinski definition) is 9. The van der Waals surface area contributed by atoms with Crippen LogP contribution in [-0.4, -0.2) is 65.7 Å². The molecular weight excluding hydrogens is 767 g/mol. The molecule has 0 aliphatic heterocycles. The molecule has 1 heterocycles. The third-order valence-electron chi connectivity index (χ3n) is 8.92. The number of pyridine rings is 1. The quantitative estimate of drug-likeness (QED) is 0.0464. The standard InChI is InChI=1S/C25H37NO4.C17H14Cl2F2N2O3/c27-20-23-18-22(13-14-24(23)28)25(29)19-26-15-7-1-2-8-16-30-17-9-6-12-21-10-4-3-5-11-21;18-11-6-22-7-12(19)15(11)23-16(24)10-3-4-13(26-17(20)21)14(5-10)25-8-9-1-2-9/h3-5,10-11,13-14,18,25-29H,1-2,6-9,12,15-17,19-20H2;3-7,9,17H,1-2,8H2,(H,22,23,24). The number of hydrogen-bond donors (Lipinski definition) is 5. The summed E-state index contributed by atoms with van der Waals surface area (Å²) in [5.41, 5.74) is 2.93. The molecule has 304 valence electrons. The van der Waals surface area contributed by atoms with Gasteiger partial charge in [0.2, 0.25) is 0 Å². The Balaban J connectivity index is 0.000000251. The van der Waals surface area contributed by atoms with Crippen LogP contribution in [0.2, 0.25) is 10.0 Å². The molecule has 1 aromatic heterocycles. The SMILES string of the molecule is O=C(Nc1c(Cl)cncc1Cl)c1ccc(OC(F)F)c(OCC2CC2)c1.OCc1cc(C(O)CNCCCCCCOCCCCc2ccccc2)ccc1O. The average Bonchev–Trinajstić information content (AvgIpc) is 4.03. The smallest absolute Gasteiger partial charge is 0.387 e. The van der Waals surface area contributed by atoms with Crippen molar-refractivity contribution in [2.45, 2.75) is 77.1 Å². The first-order valence-electron chi connectivity index (χ1n) is 18.9. The number of ether oxygens (including phenoxy) is 3. The van der Waals surface area contributed by atoms with E-state index in [4.69, 9.17) is 32.7 Å². The fourth-order valence-corrected chi connectivity index (χ4v) is 6.01. The first-order valence-corrected chi connectivity index (χ1v) is 19.6. The molecule has 1 saturated carbocycles. The molecule has 4 aromatic rings. The highest BCUT2D eigenvalue weighted by Crippen LogP contribution is 2.35. The Bertz CT molecular complexity index is 1750. The zero-order valence-corrected chi connectivity index (χ0v) is 32.8. The number of halogens is 4. The average molecular weight is 819 g/mol. The predicted octanol–water partition coefficient (Wildman–Crippen LogP) is 9.14. The molecule has 0 bridgehead atoms. The molecule has 1 atom stereocenters. The summed E-state index contributed by atoms with van der Waals surface area (Å²) < 4.78 is 40.8. The van der Waals surface area contributed by atoms with Gasteiger partial charge in [0.25, 0.3) is 5.91 Å². The molecule has 56 heavy (non-hydrogen) atoms. The Morgan fingerprint density at radius 3 is 2.30 bits per heavy atom. The second-order valence-corrected chi connectivity index (χ2v) is 14.3. The summed E-state index contributed by atoms with van der Waals surface area (Å²) in [6, 6.07) is 19.4. The molecule has 14 heteroatoms. The lowest BCUT2D eigenvalue weighted by atomic mass is 10.1. The van der Waals surface area contributed by atoms with Crippen molar-refractivity contribution >= 4 is 34.8 Å². The number of carbonyl (C=O) groups is 1. The van der Waals surface area contributed by atoms with Crippen LogP contribution >= 0.6 is 23.2 Å². The number of nitrogens with zero attached hydrogens (tertiary/aromatic N) is 1. The second-order valence-electron chi connectivity index (χ2n) is 13.5.